The minimum absolute atomic E-state index is 0.108. The highest BCUT2D eigenvalue weighted by Crippen LogP contribution is 2.16. The molecular formula is C9H19NO2Si. The molecule has 0 aromatic heterocycles. The Morgan fingerprint density at radius 2 is 2.38 bits per heavy atom. The number of hydrogen-bond donors (Lipinski definition) is 0. The normalized spacial score (nSPS) is 23.2. The summed E-state index contributed by atoms with van der Waals surface area (Å²) in [6.07, 6.45) is 3.38. The Bertz CT molecular complexity index is 175. The summed E-state index contributed by atoms with van der Waals surface area (Å²) in [5.74, 6) is 0. The van der Waals surface area contributed by atoms with Crippen LogP contribution < -0.4 is 0 Å². The Kier molecular flexibility index (Phi) is 4.28. The lowest BCUT2D eigenvalue weighted by Gasteiger charge is -2.32. The number of hydrogen-bond acceptors (Lipinski definition) is 2. The van der Waals surface area contributed by atoms with Crippen molar-refractivity contribution in [3.63, 3.8) is 0 Å². The van der Waals surface area contributed by atoms with Crippen LogP contribution in [0.3, 0.4) is 0 Å². The lowest BCUT2D eigenvalue weighted by molar-refractivity contribution is 0.0813. The van der Waals surface area contributed by atoms with Crippen molar-refractivity contribution in [3.8, 4) is 0 Å². The fraction of sp³-hybridized carbons (Fsp3) is 0.889. The van der Waals surface area contributed by atoms with Crippen LogP contribution in [0.25, 0.3) is 0 Å². The van der Waals surface area contributed by atoms with Crippen LogP contribution in [0.4, 0.5) is 4.79 Å². The molecule has 0 radical (unpaired) electrons. The van der Waals surface area contributed by atoms with Gasteiger partial charge >= 0.3 is 6.09 Å². The summed E-state index contributed by atoms with van der Waals surface area (Å²) in [5.41, 5.74) is 0. The number of piperidine rings is 1. The van der Waals surface area contributed by atoms with Crippen LogP contribution >= 0.6 is 0 Å². The summed E-state index contributed by atoms with van der Waals surface area (Å²) in [4.78, 5) is 13.3. The summed E-state index contributed by atoms with van der Waals surface area (Å²) in [6.45, 7) is 3.58. The molecule has 1 heterocycles. The van der Waals surface area contributed by atoms with E-state index in [4.69, 9.17) is 4.74 Å². The van der Waals surface area contributed by atoms with E-state index in [0.29, 0.717) is 12.6 Å². The molecular weight excluding hydrogens is 182 g/mol. The van der Waals surface area contributed by atoms with Crippen molar-refractivity contribution in [1.29, 1.82) is 0 Å². The first-order valence-electron chi connectivity index (χ1n) is 5.19. The molecule has 0 bridgehead atoms. The molecule has 13 heavy (non-hydrogen) atoms. The third-order valence-electron chi connectivity index (χ3n) is 2.47. The van der Waals surface area contributed by atoms with Gasteiger partial charge in [-0.15, -0.1) is 0 Å². The van der Waals surface area contributed by atoms with E-state index in [0.717, 1.165) is 35.7 Å². The second-order valence-electron chi connectivity index (χ2n) is 3.65. The van der Waals surface area contributed by atoms with E-state index in [9.17, 15) is 4.79 Å². The van der Waals surface area contributed by atoms with Crippen LogP contribution in [-0.4, -0.2) is 40.4 Å². The van der Waals surface area contributed by atoms with E-state index >= 15 is 0 Å². The van der Waals surface area contributed by atoms with Gasteiger partial charge in [-0.25, -0.2) is 4.79 Å². The number of nitrogens with zero attached hydrogens (tertiary/aromatic N) is 1. The van der Waals surface area contributed by atoms with Crippen LogP contribution in [0.5, 0.6) is 0 Å². The zero-order chi connectivity index (χ0) is 9.68. The highest BCUT2D eigenvalue weighted by molar-refractivity contribution is 6.08. The maximum absolute atomic E-state index is 11.5. The smallest absolute Gasteiger partial charge is 0.409 e. The summed E-state index contributed by atoms with van der Waals surface area (Å²) in [5, 5.41) is 0. The van der Waals surface area contributed by atoms with Crippen LogP contribution in [-0.2, 0) is 4.74 Å². The van der Waals surface area contributed by atoms with E-state index < -0.39 is 0 Å². The van der Waals surface area contributed by atoms with Crippen molar-refractivity contribution < 1.29 is 9.53 Å². The van der Waals surface area contributed by atoms with Gasteiger partial charge in [0.2, 0.25) is 0 Å². The number of rotatable bonds is 2. The number of likely N-dealkylation sites (tertiary alicyclic amines) is 1. The van der Waals surface area contributed by atoms with E-state index in [2.05, 4.69) is 6.92 Å². The van der Waals surface area contributed by atoms with Gasteiger partial charge in [0, 0.05) is 22.8 Å². The third-order valence-corrected chi connectivity index (χ3v) is 2.88. The molecule has 3 nitrogen and oxygen atoms in total. The van der Waals surface area contributed by atoms with Gasteiger partial charge < -0.3 is 9.64 Å². The SMILES string of the molecule is CC1CCCCN1C(=O)OCC[SiH3]. The van der Waals surface area contributed by atoms with Gasteiger partial charge in [0.15, 0.2) is 0 Å². The largest absolute Gasteiger partial charge is 0.450 e. The molecule has 0 spiro atoms. The highest BCUT2D eigenvalue weighted by atomic mass is 28.1. The van der Waals surface area contributed by atoms with Crippen molar-refractivity contribution in [2.45, 2.75) is 38.3 Å². The number of amides is 1. The molecule has 1 saturated heterocycles. The zero-order valence-electron chi connectivity index (χ0n) is 8.58. The van der Waals surface area contributed by atoms with Crippen LogP contribution in [0.1, 0.15) is 26.2 Å². The molecule has 4 heteroatoms. The Morgan fingerprint density at radius 1 is 1.62 bits per heavy atom. The lowest BCUT2D eigenvalue weighted by atomic mass is 10.0. The second kappa shape index (κ2) is 5.27. The van der Waals surface area contributed by atoms with Crippen LogP contribution in [0.2, 0.25) is 6.04 Å². The maximum atomic E-state index is 11.5. The predicted octanol–water partition coefficient (Wildman–Crippen LogP) is 0.781. The first kappa shape index (κ1) is 10.6. The third kappa shape index (κ3) is 3.02. The Morgan fingerprint density at radius 3 is 3.00 bits per heavy atom. The molecule has 1 unspecified atom stereocenters. The molecule has 0 aliphatic carbocycles. The van der Waals surface area contributed by atoms with Crippen molar-refractivity contribution in [2.75, 3.05) is 13.2 Å². The Balaban J connectivity index is 2.35. The van der Waals surface area contributed by atoms with Crippen molar-refractivity contribution in [1.82, 2.24) is 4.90 Å². The molecule has 1 amide bonds. The Labute approximate surface area is 82.9 Å². The molecule has 1 aliphatic heterocycles. The maximum Gasteiger partial charge on any atom is 0.409 e. The molecule has 0 aromatic carbocycles. The molecule has 0 N–H and O–H groups in total. The fourth-order valence-electron chi connectivity index (χ4n) is 1.64. The molecule has 1 rings (SSSR count). The van der Waals surface area contributed by atoms with Gasteiger partial charge in [0.05, 0.1) is 6.61 Å². The minimum atomic E-state index is -0.108. The summed E-state index contributed by atoms with van der Waals surface area (Å²) in [6, 6.07) is 1.41. The van der Waals surface area contributed by atoms with Gasteiger partial charge in [-0.05, 0) is 32.2 Å². The molecule has 1 atom stereocenters. The minimum Gasteiger partial charge on any atom is -0.450 e. The summed E-state index contributed by atoms with van der Waals surface area (Å²) >= 11 is 0. The van der Waals surface area contributed by atoms with Gasteiger partial charge in [-0.2, -0.15) is 0 Å². The van der Waals surface area contributed by atoms with Crippen molar-refractivity contribution in [2.24, 2.45) is 0 Å². The van der Waals surface area contributed by atoms with E-state index in [1.54, 1.807) is 0 Å². The van der Waals surface area contributed by atoms with Crippen LogP contribution in [0, 0.1) is 0 Å². The first-order chi connectivity index (χ1) is 6.25. The average molecular weight is 201 g/mol. The number of ether oxygens (including phenoxy) is 1. The molecule has 0 aromatic rings. The van der Waals surface area contributed by atoms with E-state index in [1.165, 1.54) is 6.42 Å². The van der Waals surface area contributed by atoms with E-state index in [-0.39, 0.29) is 6.09 Å². The quantitative estimate of drug-likeness (QED) is 0.618. The molecule has 0 saturated carbocycles. The van der Waals surface area contributed by atoms with Crippen molar-refractivity contribution >= 4 is 16.3 Å². The second-order valence-corrected chi connectivity index (χ2v) is 4.65. The zero-order valence-corrected chi connectivity index (χ0v) is 10.6. The van der Waals surface area contributed by atoms with Gasteiger partial charge in [0.1, 0.15) is 0 Å². The van der Waals surface area contributed by atoms with Gasteiger partial charge in [-0.3, -0.25) is 0 Å². The molecule has 1 aliphatic rings. The number of carbonyl (C=O) groups is 1. The Hall–Kier alpha value is -0.513. The summed E-state index contributed by atoms with van der Waals surface area (Å²) in [7, 11) is 1.11. The van der Waals surface area contributed by atoms with Crippen LogP contribution in [0.15, 0.2) is 0 Å². The number of carbonyl (C=O) groups excluding carboxylic acids is 1. The molecule has 1 fully saturated rings. The van der Waals surface area contributed by atoms with Crippen molar-refractivity contribution in [3.05, 3.63) is 0 Å². The van der Waals surface area contributed by atoms with Gasteiger partial charge in [0.25, 0.3) is 0 Å². The first-order valence-corrected chi connectivity index (χ1v) is 6.60. The molecule has 76 valence electrons. The summed E-state index contributed by atoms with van der Waals surface area (Å²) < 4.78 is 5.12. The fourth-order valence-corrected chi connectivity index (χ4v) is 1.85. The highest BCUT2D eigenvalue weighted by Gasteiger charge is 2.23. The lowest BCUT2D eigenvalue weighted by Crippen LogP contribution is -2.42. The topological polar surface area (TPSA) is 29.5 Å². The van der Waals surface area contributed by atoms with E-state index in [1.807, 2.05) is 4.90 Å². The standard InChI is InChI=1S/C9H19NO2Si/c1-8-4-2-3-5-10(8)9(11)12-6-7-13/h8H,2-7H2,1,13H3. The monoisotopic (exact) mass is 201 g/mol. The van der Waals surface area contributed by atoms with Gasteiger partial charge in [-0.1, -0.05) is 0 Å². The average Bonchev–Trinajstić information content (AvgIpc) is 2.15. The predicted molar refractivity (Wildman–Crippen MR) is 56.1 cm³/mol.